The number of methoxy groups -OCH3 is 1. The summed E-state index contributed by atoms with van der Waals surface area (Å²) in [4.78, 5) is 11.8. The van der Waals surface area contributed by atoms with E-state index in [2.05, 4.69) is 5.32 Å². The van der Waals surface area contributed by atoms with E-state index in [1.807, 2.05) is 24.3 Å². The average molecular weight is 258 g/mol. The molecule has 0 aliphatic carbocycles. The van der Waals surface area contributed by atoms with Crippen molar-refractivity contribution in [1.82, 2.24) is 5.32 Å². The van der Waals surface area contributed by atoms with Crippen LogP contribution in [0.3, 0.4) is 0 Å². The number of hydrogen-bond donors (Lipinski definition) is 1. The number of pyridine rings is 1. The summed E-state index contributed by atoms with van der Waals surface area (Å²) in [6.45, 7) is 0.399. The molecule has 1 aromatic carbocycles. The topological polar surface area (TPSA) is 65.3 Å². The Balaban J connectivity index is 1.96. The quantitative estimate of drug-likeness (QED) is 0.663. The van der Waals surface area contributed by atoms with Crippen molar-refractivity contribution in [1.29, 1.82) is 0 Å². The van der Waals surface area contributed by atoms with Crippen molar-refractivity contribution in [3.8, 4) is 5.75 Å². The van der Waals surface area contributed by atoms with Crippen molar-refractivity contribution in [2.24, 2.45) is 0 Å². The maximum absolute atomic E-state index is 11.8. The molecule has 0 spiro atoms. The molecule has 1 heterocycles. The zero-order valence-electron chi connectivity index (χ0n) is 10.5. The lowest BCUT2D eigenvalue weighted by atomic mass is 10.2. The fourth-order valence-electron chi connectivity index (χ4n) is 1.62. The van der Waals surface area contributed by atoms with Crippen LogP contribution in [0.25, 0.3) is 0 Å². The number of rotatable bonds is 4. The molecule has 2 rings (SSSR count). The van der Waals surface area contributed by atoms with Gasteiger partial charge in [0.2, 0.25) is 0 Å². The van der Waals surface area contributed by atoms with Crippen LogP contribution in [0.1, 0.15) is 15.9 Å². The standard InChI is InChI=1S/C14H14N2O3/c1-19-13-6-4-11(5-7-13)9-15-14(17)12-3-2-8-16(18)10-12/h2-8,10H,9H2,1H3,(H,15,17). The summed E-state index contributed by atoms with van der Waals surface area (Å²) in [6.07, 6.45) is 2.57. The van der Waals surface area contributed by atoms with Crippen molar-refractivity contribution in [3.05, 3.63) is 65.1 Å². The summed E-state index contributed by atoms with van der Waals surface area (Å²) in [5, 5.41) is 13.8. The molecule has 0 saturated carbocycles. The maximum Gasteiger partial charge on any atom is 0.257 e. The van der Waals surface area contributed by atoms with Crippen LogP contribution in [0.5, 0.6) is 5.75 Å². The number of hydrogen-bond acceptors (Lipinski definition) is 3. The third-order valence-corrected chi connectivity index (χ3v) is 2.65. The number of nitrogens with zero attached hydrogens (tertiary/aromatic N) is 1. The van der Waals surface area contributed by atoms with Gasteiger partial charge in [-0.15, -0.1) is 0 Å². The lowest BCUT2D eigenvalue weighted by Crippen LogP contribution is -2.29. The van der Waals surface area contributed by atoms with Crippen molar-refractivity contribution in [2.45, 2.75) is 6.54 Å². The van der Waals surface area contributed by atoms with E-state index in [4.69, 9.17) is 4.74 Å². The van der Waals surface area contributed by atoms with Crippen LogP contribution in [0, 0.1) is 5.21 Å². The molecular weight excluding hydrogens is 244 g/mol. The molecule has 0 fully saturated rings. The average Bonchev–Trinajstić information content (AvgIpc) is 2.45. The molecule has 0 atom stereocenters. The summed E-state index contributed by atoms with van der Waals surface area (Å²) in [5.41, 5.74) is 1.30. The third-order valence-electron chi connectivity index (χ3n) is 2.65. The Labute approximate surface area is 111 Å². The largest absolute Gasteiger partial charge is 0.619 e. The van der Waals surface area contributed by atoms with E-state index in [0.29, 0.717) is 16.8 Å². The van der Waals surface area contributed by atoms with Gasteiger partial charge in [0.15, 0.2) is 12.4 Å². The van der Waals surface area contributed by atoms with Crippen LogP contribution < -0.4 is 14.8 Å². The van der Waals surface area contributed by atoms with Crippen LogP contribution in [0.15, 0.2) is 48.8 Å². The van der Waals surface area contributed by atoms with Gasteiger partial charge in [-0.3, -0.25) is 4.79 Å². The first-order chi connectivity index (χ1) is 9.19. The molecule has 0 bridgehead atoms. The highest BCUT2D eigenvalue weighted by Gasteiger charge is 2.07. The van der Waals surface area contributed by atoms with Gasteiger partial charge in [-0.25, -0.2) is 0 Å². The summed E-state index contributed by atoms with van der Waals surface area (Å²) < 4.78 is 5.65. The van der Waals surface area contributed by atoms with Crippen molar-refractivity contribution < 1.29 is 14.3 Å². The van der Waals surface area contributed by atoms with Gasteiger partial charge in [-0.2, -0.15) is 4.73 Å². The molecule has 0 aliphatic rings. The highest BCUT2D eigenvalue weighted by Crippen LogP contribution is 2.11. The maximum atomic E-state index is 11.8. The van der Waals surface area contributed by atoms with E-state index < -0.39 is 0 Å². The zero-order valence-corrected chi connectivity index (χ0v) is 10.5. The molecule has 0 aliphatic heterocycles. The summed E-state index contributed by atoms with van der Waals surface area (Å²) in [6, 6.07) is 10.5. The van der Waals surface area contributed by atoms with E-state index in [-0.39, 0.29) is 5.91 Å². The van der Waals surface area contributed by atoms with Gasteiger partial charge in [-0.05, 0) is 23.8 Å². The number of ether oxygens (including phenoxy) is 1. The fraction of sp³-hybridized carbons (Fsp3) is 0.143. The highest BCUT2D eigenvalue weighted by molar-refractivity contribution is 5.93. The molecule has 1 amide bonds. The molecule has 19 heavy (non-hydrogen) atoms. The van der Waals surface area contributed by atoms with Gasteiger partial charge in [-0.1, -0.05) is 12.1 Å². The Bertz CT molecular complexity index is 567. The third kappa shape index (κ3) is 3.45. The molecule has 5 nitrogen and oxygen atoms in total. The molecular formula is C14H14N2O3. The van der Waals surface area contributed by atoms with E-state index in [0.717, 1.165) is 11.3 Å². The number of aromatic nitrogens is 1. The number of carbonyl (C=O) groups is 1. The van der Waals surface area contributed by atoms with Crippen molar-refractivity contribution >= 4 is 5.91 Å². The Hall–Kier alpha value is -2.56. The normalized spacial score (nSPS) is 9.95. The predicted molar refractivity (Wildman–Crippen MR) is 69.6 cm³/mol. The SMILES string of the molecule is COc1ccc(CNC(=O)c2ccc[n+]([O-])c2)cc1. The number of amides is 1. The number of nitrogens with one attached hydrogen (secondary N) is 1. The summed E-state index contributed by atoms with van der Waals surface area (Å²) >= 11 is 0. The van der Waals surface area contributed by atoms with Gasteiger partial charge in [0.25, 0.3) is 5.91 Å². The molecule has 0 radical (unpaired) electrons. The molecule has 1 N–H and O–H groups in total. The van der Waals surface area contributed by atoms with E-state index in [1.54, 1.807) is 13.2 Å². The molecule has 0 saturated heterocycles. The number of carbonyl (C=O) groups excluding carboxylic acids is 1. The van der Waals surface area contributed by atoms with Gasteiger partial charge in [0.05, 0.1) is 7.11 Å². The monoisotopic (exact) mass is 258 g/mol. The Morgan fingerprint density at radius 3 is 2.68 bits per heavy atom. The minimum Gasteiger partial charge on any atom is -0.619 e. The first-order valence-corrected chi connectivity index (χ1v) is 5.79. The highest BCUT2D eigenvalue weighted by atomic mass is 16.5. The van der Waals surface area contributed by atoms with Gasteiger partial charge in [0, 0.05) is 12.6 Å². The van der Waals surface area contributed by atoms with Crippen LogP contribution in [-0.2, 0) is 6.54 Å². The summed E-state index contributed by atoms with van der Waals surface area (Å²) in [5.74, 6) is 0.492. The van der Waals surface area contributed by atoms with Gasteiger partial charge in [0.1, 0.15) is 11.3 Å². The smallest absolute Gasteiger partial charge is 0.257 e. The van der Waals surface area contributed by atoms with Crippen LogP contribution in [-0.4, -0.2) is 13.0 Å². The second-order valence-electron chi connectivity index (χ2n) is 3.98. The minimum absolute atomic E-state index is 0.277. The number of benzene rings is 1. The lowest BCUT2D eigenvalue weighted by Gasteiger charge is -2.06. The Morgan fingerprint density at radius 1 is 1.32 bits per heavy atom. The minimum atomic E-state index is -0.277. The lowest BCUT2D eigenvalue weighted by molar-refractivity contribution is -0.605. The molecule has 0 unspecified atom stereocenters. The molecule has 98 valence electrons. The predicted octanol–water partition coefficient (Wildman–Crippen LogP) is 1.26. The summed E-state index contributed by atoms with van der Waals surface area (Å²) in [7, 11) is 1.60. The first-order valence-electron chi connectivity index (χ1n) is 5.79. The Kier molecular flexibility index (Phi) is 3.97. The fourth-order valence-corrected chi connectivity index (χ4v) is 1.62. The van der Waals surface area contributed by atoms with E-state index >= 15 is 0 Å². The first kappa shape index (κ1) is 12.9. The van der Waals surface area contributed by atoms with Gasteiger partial charge >= 0.3 is 0 Å². The Morgan fingerprint density at radius 2 is 2.05 bits per heavy atom. The van der Waals surface area contributed by atoms with E-state index in [1.165, 1.54) is 18.5 Å². The van der Waals surface area contributed by atoms with Crippen LogP contribution >= 0.6 is 0 Å². The van der Waals surface area contributed by atoms with Crippen molar-refractivity contribution in [3.63, 3.8) is 0 Å². The van der Waals surface area contributed by atoms with Crippen LogP contribution in [0.4, 0.5) is 0 Å². The molecule has 1 aromatic heterocycles. The van der Waals surface area contributed by atoms with Crippen molar-refractivity contribution in [2.75, 3.05) is 7.11 Å². The molecule has 5 heteroatoms. The van der Waals surface area contributed by atoms with E-state index in [9.17, 15) is 10.0 Å². The molecule has 2 aromatic rings. The van der Waals surface area contributed by atoms with Crippen LogP contribution in [0.2, 0.25) is 0 Å². The second-order valence-corrected chi connectivity index (χ2v) is 3.98. The second kappa shape index (κ2) is 5.86. The zero-order chi connectivity index (χ0) is 13.7. The van der Waals surface area contributed by atoms with Gasteiger partial charge < -0.3 is 15.3 Å².